The predicted molar refractivity (Wildman–Crippen MR) is 78.4 cm³/mol. The summed E-state index contributed by atoms with van der Waals surface area (Å²) < 4.78 is 16.8. The lowest BCUT2D eigenvalue weighted by molar-refractivity contribution is -0.312. The molecule has 0 bridgehead atoms. The molecule has 0 fully saturated rings. The van der Waals surface area contributed by atoms with Crippen molar-refractivity contribution < 1.29 is 19.0 Å². The van der Waals surface area contributed by atoms with Gasteiger partial charge in [-0.25, -0.2) is 4.68 Å². The maximum atomic E-state index is 12.7. The molecule has 0 amide bonds. The molecule has 7 nitrogen and oxygen atoms in total. The van der Waals surface area contributed by atoms with E-state index in [0.29, 0.717) is 0 Å². The van der Waals surface area contributed by atoms with Crippen LogP contribution in [0.1, 0.15) is 29.0 Å². The van der Waals surface area contributed by atoms with Crippen LogP contribution in [0.25, 0.3) is 0 Å². The number of carbonyl (C=O) groups is 1. The molecule has 1 aromatic heterocycles. The third-order valence-corrected chi connectivity index (χ3v) is 3.54. The maximum absolute atomic E-state index is 12.7. The number of benzene rings is 1. The van der Waals surface area contributed by atoms with Gasteiger partial charge in [-0.15, -0.1) is 5.10 Å². The van der Waals surface area contributed by atoms with E-state index in [1.54, 1.807) is 0 Å². The first-order valence-electron chi connectivity index (χ1n) is 6.75. The fourth-order valence-electron chi connectivity index (χ4n) is 2.25. The molecular weight excluding hydrogens is 286 g/mol. The zero-order valence-electron chi connectivity index (χ0n) is 13.0. The number of hydrogen-bond acceptors (Lipinski definition) is 6. The molecule has 22 heavy (non-hydrogen) atoms. The molecule has 2 rings (SSSR count). The smallest absolute Gasteiger partial charge is 0.324 e. The van der Waals surface area contributed by atoms with Crippen molar-refractivity contribution >= 4 is 5.78 Å². The number of methoxy groups -OCH3 is 3. The van der Waals surface area contributed by atoms with Gasteiger partial charge in [-0.05, 0) is 12.5 Å². The van der Waals surface area contributed by atoms with Crippen molar-refractivity contribution in [3.05, 3.63) is 47.8 Å². The van der Waals surface area contributed by atoms with Crippen LogP contribution in [-0.4, -0.2) is 48.1 Å². The van der Waals surface area contributed by atoms with Crippen molar-refractivity contribution in [2.24, 2.45) is 0 Å². The van der Waals surface area contributed by atoms with E-state index in [1.807, 2.05) is 37.3 Å². The molecule has 0 N–H and O–H groups in total. The molecule has 0 radical (unpaired) electrons. The van der Waals surface area contributed by atoms with Crippen molar-refractivity contribution in [3.8, 4) is 0 Å². The highest BCUT2D eigenvalue weighted by Gasteiger charge is 2.42. The van der Waals surface area contributed by atoms with Crippen molar-refractivity contribution in [1.82, 2.24) is 15.0 Å². The van der Waals surface area contributed by atoms with Crippen LogP contribution in [0.4, 0.5) is 0 Å². The largest absolute Gasteiger partial charge is 0.352 e. The van der Waals surface area contributed by atoms with Crippen molar-refractivity contribution in [1.29, 1.82) is 0 Å². The third kappa shape index (κ3) is 2.78. The number of Topliss-reactive ketones (excluding diaryl/α,β-unsaturated/α-hetero) is 1. The molecule has 0 aliphatic carbocycles. The predicted octanol–water partition coefficient (Wildman–Crippen LogP) is 1.66. The monoisotopic (exact) mass is 305 g/mol. The lowest BCUT2D eigenvalue weighted by Crippen LogP contribution is -2.45. The van der Waals surface area contributed by atoms with Crippen molar-refractivity contribution in [2.75, 3.05) is 21.3 Å². The number of nitrogens with zero attached hydrogens (tertiary/aromatic N) is 3. The Morgan fingerprint density at radius 1 is 1.14 bits per heavy atom. The summed E-state index contributed by atoms with van der Waals surface area (Å²) in [5.41, 5.74) is 1.24. The molecule has 1 aromatic carbocycles. The molecule has 0 saturated heterocycles. The highest BCUT2D eigenvalue weighted by molar-refractivity contribution is 5.99. The standard InChI is InChI=1S/C15H19N3O4/c1-11(12-8-6-5-7-9-12)18-13(10-16-17-18)14(19)15(20-2,21-3)22-4/h5-11H,1-4H3/t11-/m1/s1. The summed E-state index contributed by atoms with van der Waals surface area (Å²) in [6.07, 6.45) is 1.37. The Hall–Kier alpha value is -2.09. The Kier molecular flexibility index (Phi) is 5.02. The first kappa shape index (κ1) is 16.3. The summed E-state index contributed by atoms with van der Waals surface area (Å²) in [5.74, 6) is -2.32. The van der Waals surface area contributed by atoms with Crippen LogP contribution in [0, 0.1) is 0 Å². The van der Waals surface area contributed by atoms with E-state index in [-0.39, 0.29) is 11.7 Å². The van der Waals surface area contributed by atoms with Gasteiger partial charge in [0, 0.05) is 21.3 Å². The summed E-state index contributed by atoms with van der Waals surface area (Å²) in [4.78, 5) is 12.7. The van der Waals surface area contributed by atoms with Crippen LogP contribution in [0.2, 0.25) is 0 Å². The van der Waals surface area contributed by atoms with E-state index in [2.05, 4.69) is 10.3 Å². The minimum Gasteiger partial charge on any atom is -0.324 e. The first-order valence-corrected chi connectivity index (χ1v) is 6.75. The Morgan fingerprint density at radius 2 is 1.73 bits per heavy atom. The highest BCUT2D eigenvalue weighted by atomic mass is 16.9. The Balaban J connectivity index is 2.39. The first-order chi connectivity index (χ1) is 10.6. The number of ether oxygens (including phenoxy) is 3. The van der Waals surface area contributed by atoms with Gasteiger partial charge in [-0.2, -0.15) is 0 Å². The van der Waals surface area contributed by atoms with Gasteiger partial charge in [0.25, 0.3) is 5.78 Å². The molecule has 7 heteroatoms. The number of aromatic nitrogens is 3. The number of rotatable bonds is 7. The minimum absolute atomic E-state index is 0.175. The Morgan fingerprint density at radius 3 is 2.27 bits per heavy atom. The molecule has 2 aromatic rings. The lowest BCUT2D eigenvalue weighted by Gasteiger charge is -2.27. The average molecular weight is 305 g/mol. The topological polar surface area (TPSA) is 75.5 Å². The van der Waals surface area contributed by atoms with Gasteiger partial charge in [0.1, 0.15) is 5.69 Å². The van der Waals surface area contributed by atoms with E-state index in [4.69, 9.17) is 14.2 Å². The van der Waals surface area contributed by atoms with Crippen molar-refractivity contribution in [2.45, 2.75) is 18.9 Å². The number of hydrogen-bond donors (Lipinski definition) is 0. The van der Waals surface area contributed by atoms with Crippen LogP contribution < -0.4 is 0 Å². The maximum Gasteiger partial charge on any atom is 0.352 e. The van der Waals surface area contributed by atoms with Gasteiger partial charge < -0.3 is 14.2 Å². The second kappa shape index (κ2) is 6.78. The normalized spacial score (nSPS) is 13.1. The van der Waals surface area contributed by atoms with Gasteiger partial charge in [0.2, 0.25) is 0 Å². The quantitative estimate of drug-likeness (QED) is 0.572. The Labute approximate surface area is 128 Å². The van der Waals surface area contributed by atoms with E-state index >= 15 is 0 Å². The zero-order chi connectivity index (χ0) is 16.2. The molecule has 0 saturated carbocycles. The second-order valence-corrected chi connectivity index (χ2v) is 4.65. The van der Waals surface area contributed by atoms with E-state index < -0.39 is 11.8 Å². The molecule has 1 atom stereocenters. The molecule has 0 spiro atoms. The van der Waals surface area contributed by atoms with Crippen LogP contribution >= 0.6 is 0 Å². The van der Waals surface area contributed by atoms with Gasteiger partial charge in [-0.3, -0.25) is 4.79 Å². The van der Waals surface area contributed by atoms with Crippen LogP contribution in [0.15, 0.2) is 36.5 Å². The molecule has 1 heterocycles. The van der Waals surface area contributed by atoms with E-state index in [9.17, 15) is 4.79 Å². The third-order valence-electron chi connectivity index (χ3n) is 3.54. The average Bonchev–Trinajstić information content (AvgIpc) is 3.06. The molecule has 0 unspecified atom stereocenters. The van der Waals surface area contributed by atoms with Gasteiger partial charge in [-0.1, -0.05) is 35.5 Å². The number of carbonyl (C=O) groups excluding carboxylic acids is 1. The zero-order valence-corrected chi connectivity index (χ0v) is 13.0. The fourth-order valence-corrected chi connectivity index (χ4v) is 2.25. The van der Waals surface area contributed by atoms with Gasteiger partial charge >= 0.3 is 5.97 Å². The summed E-state index contributed by atoms with van der Waals surface area (Å²) in [6.45, 7) is 1.93. The lowest BCUT2D eigenvalue weighted by atomic mass is 10.1. The summed E-state index contributed by atoms with van der Waals surface area (Å²) in [7, 11) is 4.00. The Bertz CT molecular complexity index is 614. The summed E-state index contributed by atoms with van der Waals surface area (Å²) >= 11 is 0. The fraction of sp³-hybridized carbons (Fsp3) is 0.400. The summed E-state index contributed by atoms with van der Waals surface area (Å²) in [6, 6.07) is 9.51. The van der Waals surface area contributed by atoms with E-state index in [1.165, 1.54) is 32.2 Å². The van der Waals surface area contributed by atoms with Crippen LogP contribution in [-0.2, 0) is 14.2 Å². The van der Waals surface area contributed by atoms with Gasteiger partial charge in [0.15, 0.2) is 0 Å². The molecule has 0 aliphatic heterocycles. The van der Waals surface area contributed by atoms with Crippen molar-refractivity contribution in [3.63, 3.8) is 0 Å². The molecule has 118 valence electrons. The van der Waals surface area contributed by atoms with Crippen LogP contribution in [0.5, 0.6) is 0 Å². The van der Waals surface area contributed by atoms with E-state index in [0.717, 1.165) is 5.56 Å². The van der Waals surface area contributed by atoms with Crippen LogP contribution in [0.3, 0.4) is 0 Å². The van der Waals surface area contributed by atoms with Gasteiger partial charge in [0.05, 0.1) is 12.2 Å². The SMILES string of the molecule is COC(OC)(OC)C(=O)c1cnnn1[C@H](C)c1ccccc1. The number of ketones is 1. The second-order valence-electron chi connectivity index (χ2n) is 4.65. The molecule has 0 aliphatic rings. The highest BCUT2D eigenvalue weighted by Crippen LogP contribution is 2.23. The minimum atomic E-state index is -1.81. The summed E-state index contributed by atoms with van der Waals surface area (Å²) in [5, 5.41) is 7.84. The molecular formula is C15H19N3O4.